The Morgan fingerprint density at radius 2 is 1.49 bits per heavy atom. The summed E-state index contributed by atoms with van der Waals surface area (Å²) in [5.74, 6) is -0.140. The largest absolute Gasteiger partial charge is 0.351 e. The Hall–Kier alpha value is -3.34. The quantitative estimate of drug-likeness (QED) is 0.431. The monoisotopic (exact) mass is 497 g/mol. The van der Waals surface area contributed by atoms with E-state index in [-0.39, 0.29) is 17.9 Å². The summed E-state index contributed by atoms with van der Waals surface area (Å²) in [5, 5.41) is 3.39. The predicted molar refractivity (Wildman–Crippen MR) is 148 cm³/mol. The minimum atomic E-state index is -1.00. The number of rotatable bonds is 6. The van der Waals surface area contributed by atoms with Crippen molar-refractivity contribution in [2.45, 2.75) is 89.9 Å². The SMILES string of the molecule is CCc1ccc(CN2C(=O)c3ccc(-c4ccccc4)n3CC2(C)C(=O)NC2CCCCCCC2)cc1. The van der Waals surface area contributed by atoms with Gasteiger partial charge in [0.25, 0.3) is 5.91 Å². The summed E-state index contributed by atoms with van der Waals surface area (Å²) in [5.41, 5.74) is 3.96. The molecule has 0 saturated heterocycles. The fourth-order valence-electron chi connectivity index (χ4n) is 5.89. The zero-order valence-electron chi connectivity index (χ0n) is 22.2. The van der Waals surface area contributed by atoms with Crippen LogP contribution in [0.15, 0.2) is 66.7 Å². The summed E-state index contributed by atoms with van der Waals surface area (Å²) in [6.07, 6.45) is 9.04. The average molecular weight is 498 g/mol. The molecule has 1 atom stereocenters. The minimum Gasteiger partial charge on any atom is -0.351 e. The molecule has 5 heteroatoms. The van der Waals surface area contributed by atoms with Crippen molar-refractivity contribution in [3.63, 3.8) is 0 Å². The van der Waals surface area contributed by atoms with Gasteiger partial charge in [0.05, 0.1) is 6.54 Å². The van der Waals surface area contributed by atoms with E-state index in [1.165, 1.54) is 24.8 Å². The second-order valence-electron chi connectivity index (χ2n) is 10.9. The Labute approximate surface area is 220 Å². The van der Waals surface area contributed by atoms with Crippen molar-refractivity contribution in [3.8, 4) is 11.3 Å². The highest BCUT2D eigenvalue weighted by molar-refractivity contribution is 6.00. The van der Waals surface area contributed by atoms with Gasteiger partial charge in [-0.2, -0.15) is 0 Å². The Morgan fingerprint density at radius 3 is 2.16 bits per heavy atom. The van der Waals surface area contributed by atoms with Gasteiger partial charge < -0.3 is 14.8 Å². The Morgan fingerprint density at radius 1 is 0.865 bits per heavy atom. The highest BCUT2D eigenvalue weighted by Gasteiger charge is 2.48. The molecule has 1 aromatic heterocycles. The second kappa shape index (κ2) is 11.0. The zero-order chi connectivity index (χ0) is 25.8. The van der Waals surface area contributed by atoms with Crippen molar-refractivity contribution in [1.82, 2.24) is 14.8 Å². The van der Waals surface area contributed by atoms with E-state index in [2.05, 4.69) is 48.6 Å². The van der Waals surface area contributed by atoms with Crippen molar-refractivity contribution in [1.29, 1.82) is 0 Å². The van der Waals surface area contributed by atoms with Crippen molar-refractivity contribution in [2.75, 3.05) is 0 Å². The molecule has 0 radical (unpaired) electrons. The summed E-state index contributed by atoms with van der Waals surface area (Å²) in [6.45, 7) is 4.92. The average Bonchev–Trinajstić information content (AvgIpc) is 3.32. The van der Waals surface area contributed by atoms with Gasteiger partial charge in [-0.15, -0.1) is 0 Å². The highest BCUT2D eigenvalue weighted by Crippen LogP contribution is 2.34. The normalized spacial score (nSPS) is 20.7. The van der Waals surface area contributed by atoms with Crippen LogP contribution in [0.3, 0.4) is 0 Å². The van der Waals surface area contributed by atoms with Gasteiger partial charge in [0.1, 0.15) is 11.2 Å². The number of aromatic nitrogens is 1. The van der Waals surface area contributed by atoms with Crippen LogP contribution in [-0.2, 0) is 24.3 Å². The second-order valence-corrected chi connectivity index (χ2v) is 10.9. The summed E-state index contributed by atoms with van der Waals surface area (Å²) in [6, 6.07) is 22.6. The lowest BCUT2D eigenvalue weighted by Crippen LogP contribution is -2.64. The fourth-order valence-corrected chi connectivity index (χ4v) is 5.89. The first-order chi connectivity index (χ1) is 18.0. The third-order valence-electron chi connectivity index (χ3n) is 8.28. The molecule has 2 aliphatic rings. The molecule has 5 nitrogen and oxygen atoms in total. The van der Waals surface area contributed by atoms with E-state index < -0.39 is 5.54 Å². The molecule has 2 aromatic carbocycles. The predicted octanol–water partition coefficient (Wildman–Crippen LogP) is 6.36. The number of nitrogens with zero attached hydrogens (tertiary/aromatic N) is 2. The molecule has 0 spiro atoms. The van der Waals surface area contributed by atoms with Gasteiger partial charge in [-0.25, -0.2) is 0 Å². The third-order valence-corrected chi connectivity index (χ3v) is 8.28. The van der Waals surface area contributed by atoms with Crippen LogP contribution in [0.25, 0.3) is 11.3 Å². The van der Waals surface area contributed by atoms with Gasteiger partial charge in [0, 0.05) is 18.3 Å². The molecule has 1 fully saturated rings. The molecule has 2 heterocycles. The molecule has 1 saturated carbocycles. The number of carbonyl (C=O) groups excluding carboxylic acids is 2. The number of benzene rings is 2. The van der Waals surface area contributed by atoms with Crippen molar-refractivity contribution in [2.24, 2.45) is 0 Å². The Kier molecular flexibility index (Phi) is 7.50. The maximum Gasteiger partial charge on any atom is 0.271 e. The van der Waals surface area contributed by atoms with E-state index in [0.29, 0.717) is 18.8 Å². The van der Waals surface area contributed by atoms with Gasteiger partial charge in [-0.05, 0) is 55.0 Å². The van der Waals surface area contributed by atoms with Crippen LogP contribution in [0.5, 0.6) is 0 Å². The molecule has 1 N–H and O–H groups in total. The highest BCUT2D eigenvalue weighted by atomic mass is 16.2. The zero-order valence-corrected chi connectivity index (χ0v) is 22.2. The fraction of sp³-hybridized carbons (Fsp3) is 0.438. The molecule has 3 aromatic rings. The van der Waals surface area contributed by atoms with Crippen LogP contribution >= 0.6 is 0 Å². The molecular weight excluding hydrogens is 458 g/mol. The first kappa shape index (κ1) is 25.3. The number of hydrogen-bond acceptors (Lipinski definition) is 2. The van der Waals surface area contributed by atoms with Gasteiger partial charge >= 0.3 is 0 Å². The van der Waals surface area contributed by atoms with Gasteiger partial charge in [-0.1, -0.05) is 93.6 Å². The van der Waals surface area contributed by atoms with Crippen LogP contribution in [0, 0.1) is 0 Å². The number of fused-ring (bicyclic) bond motifs is 1. The van der Waals surface area contributed by atoms with Gasteiger partial charge in [-0.3, -0.25) is 9.59 Å². The first-order valence-electron chi connectivity index (χ1n) is 14.0. The number of hydrogen-bond donors (Lipinski definition) is 1. The summed E-state index contributed by atoms with van der Waals surface area (Å²) >= 11 is 0. The summed E-state index contributed by atoms with van der Waals surface area (Å²) in [4.78, 5) is 29.9. The van der Waals surface area contributed by atoms with Crippen LogP contribution in [0.2, 0.25) is 0 Å². The lowest BCUT2D eigenvalue weighted by Gasteiger charge is -2.45. The number of nitrogens with one attached hydrogen (secondary N) is 1. The number of aryl methyl sites for hydroxylation is 1. The van der Waals surface area contributed by atoms with Crippen molar-refractivity contribution in [3.05, 3.63) is 83.6 Å². The van der Waals surface area contributed by atoms with E-state index in [1.54, 1.807) is 4.90 Å². The van der Waals surface area contributed by atoms with E-state index in [4.69, 9.17) is 0 Å². The molecule has 1 aliphatic carbocycles. The molecular formula is C32H39N3O2. The van der Waals surface area contributed by atoms with E-state index >= 15 is 0 Å². The maximum atomic E-state index is 14.1. The van der Waals surface area contributed by atoms with Crippen LogP contribution in [0.4, 0.5) is 0 Å². The minimum absolute atomic E-state index is 0.0463. The Bertz CT molecular complexity index is 1220. The number of carbonyl (C=O) groups is 2. The molecule has 37 heavy (non-hydrogen) atoms. The molecule has 2 amide bonds. The summed E-state index contributed by atoms with van der Waals surface area (Å²) < 4.78 is 2.05. The first-order valence-corrected chi connectivity index (χ1v) is 14.0. The lowest BCUT2D eigenvalue weighted by molar-refractivity contribution is -0.134. The van der Waals surface area contributed by atoms with E-state index in [9.17, 15) is 9.59 Å². The topological polar surface area (TPSA) is 54.3 Å². The van der Waals surface area contributed by atoms with Crippen LogP contribution in [0.1, 0.15) is 80.4 Å². The molecule has 1 unspecified atom stereocenters. The van der Waals surface area contributed by atoms with Crippen LogP contribution in [-0.4, -0.2) is 32.9 Å². The lowest BCUT2D eigenvalue weighted by atomic mass is 9.91. The van der Waals surface area contributed by atoms with Crippen molar-refractivity contribution < 1.29 is 9.59 Å². The van der Waals surface area contributed by atoms with Crippen LogP contribution < -0.4 is 5.32 Å². The number of amides is 2. The third kappa shape index (κ3) is 5.22. The Balaban J connectivity index is 1.50. The molecule has 0 bridgehead atoms. The smallest absolute Gasteiger partial charge is 0.271 e. The molecule has 1 aliphatic heterocycles. The molecule has 5 rings (SSSR count). The summed E-state index contributed by atoms with van der Waals surface area (Å²) in [7, 11) is 0. The standard InChI is InChI=1S/C32H39N3O2/c1-3-24-16-18-25(19-17-24)22-35-30(36)29-21-20-28(26-12-8-7-9-13-26)34(29)23-32(35,2)31(37)33-27-14-10-5-4-6-11-15-27/h7-9,12-13,16-21,27H,3-6,10-11,14-15,22-23H2,1-2H3,(H,33,37). The van der Waals surface area contributed by atoms with Crippen molar-refractivity contribution >= 4 is 11.8 Å². The van der Waals surface area contributed by atoms with E-state index in [1.807, 2.05) is 41.8 Å². The van der Waals surface area contributed by atoms with E-state index in [0.717, 1.165) is 48.9 Å². The van der Waals surface area contributed by atoms with Gasteiger partial charge in [0.2, 0.25) is 5.91 Å². The maximum absolute atomic E-state index is 14.1. The van der Waals surface area contributed by atoms with Gasteiger partial charge in [0.15, 0.2) is 0 Å². The molecule has 194 valence electrons.